The predicted octanol–water partition coefficient (Wildman–Crippen LogP) is 4.84. The molecule has 6 heteroatoms. The van der Waals surface area contributed by atoms with Crippen LogP contribution in [0.15, 0.2) is 48.5 Å². The molecular weight excluding hydrogens is 386 g/mol. The predicted molar refractivity (Wildman–Crippen MR) is 127 cm³/mol. The van der Waals surface area contributed by atoms with Gasteiger partial charge in [0.05, 0.1) is 40.7 Å². The average molecular weight is 418 g/mol. The zero-order valence-corrected chi connectivity index (χ0v) is 18.6. The quantitative estimate of drug-likeness (QED) is 0.603. The van der Waals surface area contributed by atoms with E-state index in [0.29, 0.717) is 0 Å². The van der Waals surface area contributed by atoms with Crippen LogP contribution in [0.3, 0.4) is 0 Å². The summed E-state index contributed by atoms with van der Waals surface area (Å²) < 4.78 is 1.88. The summed E-state index contributed by atoms with van der Waals surface area (Å²) in [6, 6.07) is 16.4. The van der Waals surface area contributed by atoms with E-state index in [1.165, 1.54) is 30.5 Å². The summed E-state index contributed by atoms with van der Waals surface area (Å²) in [6.07, 6.45) is 3.74. The van der Waals surface area contributed by atoms with Gasteiger partial charge in [0.25, 0.3) is 0 Å². The summed E-state index contributed by atoms with van der Waals surface area (Å²) in [6.45, 7) is 8.32. The molecule has 4 rings (SSSR count). The van der Waals surface area contributed by atoms with Crippen LogP contribution in [0, 0.1) is 20.8 Å². The fraction of sp³-hybridized carbons (Fsp3) is 0.360. The van der Waals surface area contributed by atoms with Crippen LogP contribution >= 0.6 is 0 Å². The lowest BCUT2D eigenvalue weighted by atomic mass is 10.1. The second-order valence-corrected chi connectivity index (χ2v) is 8.26. The molecule has 1 aromatic heterocycles. The minimum atomic E-state index is -0.0805. The summed E-state index contributed by atoms with van der Waals surface area (Å²) in [5.41, 5.74) is 6.87. The molecule has 162 valence electrons. The minimum Gasteiger partial charge on any atom is -0.374 e. The normalized spacial score (nSPS) is 13.8. The molecule has 1 aliphatic rings. The van der Waals surface area contributed by atoms with E-state index in [1.807, 2.05) is 42.8 Å². The number of rotatable bonds is 6. The molecule has 0 atom stereocenters. The number of nitrogens with zero attached hydrogens (tertiary/aromatic N) is 3. The average Bonchev–Trinajstić information content (AvgIpc) is 3.07. The van der Waals surface area contributed by atoms with E-state index in [4.69, 9.17) is 0 Å². The number of para-hydroxylation sites is 2. The highest BCUT2D eigenvalue weighted by atomic mass is 16.1. The van der Waals surface area contributed by atoms with Crippen molar-refractivity contribution in [1.29, 1.82) is 0 Å². The first-order valence-electron chi connectivity index (χ1n) is 11.0. The van der Waals surface area contributed by atoms with Gasteiger partial charge in [0.1, 0.15) is 0 Å². The summed E-state index contributed by atoms with van der Waals surface area (Å²) in [5, 5.41) is 11.0. The lowest BCUT2D eigenvalue weighted by molar-refractivity contribution is -0.114. The van der Waals surface area contributed by atoms with E-state index < -0.39 is 0 Å². The molecular formula is C25H31N5O. The molecule has 0 bridgehead atoms. The smallest absolute Gasteiger partial charge is 0.243 e. The van der Waals surface area contributed by atoms with Crippen LogP contribution in [0.1, 0.15) is 36.2 Å². The zero-order valence-electron chi connectivity index (χ0n) is 18.6. The number of carbonyl (C=O) groups excluding carboxylic acids is 1. The van der Waals surface area contributed by atoms with Crippen molar-refractivity contribution < 1.29 is 4.79 Å². The number of amides is 1. The standard InChI is InChI=1S/C25H31N5O/c1-18-11-13-21(14-12-18)30-20(3)25(19(2)28-30)27-24(31)17-26-22-9-5-6-10-23(22)29-15-7-4-8-16-29/h5-6,9-14,26H,4,7-8,15-17H2,1-3H3,(H,27,31). The van der Waals surface area contributed by atoms with Crippen LogP contribution in [0.5, 0.6) is 0 Å². The molecule has 1 aliphatic heterocycles. The van der Waals surface area contributed by atoms with E-state index in [9.17, 15) is 4.79 Å². The summed E-state index contributed by atoms with van der Waals surface area (Å²) in [4.78, 5) is 15.2. The number of aryl methyl sites for hydroxylation is 2. The number of aromatic nitrogens is 2. The lowest BCUT2D eigenvalue weighted by Crippen LogP contribution is -2.30. The second-order valence-electron chi connectivity index (χ2n) is 8.26. The van der Waals surface area contributed by atoms with Crippen LogP contribution in [-0.2, 0) is 4.79 Å². The third kappa shape index (κ3) is 4.74. The maximum absolute atomic E-state index is 12.7. The Balaban J connectivity index is 1.44. The topological polar surface area (TPSA) is 62.2 Å². The first kappa shape index (κ1) is 21.0. The molecule has 0 aliphatic carbocycles. The van der Waals surface area contributed by atoms with Gasteiger partial charge in [-0.1, -0.05) is 29.8 Å². The summed E-state index contributed by atoms with van der Waals surface area (Å²) in [7, 11) is 0. The number of hydrogen-bond donors (Lipinski definition) is 2. The van der Waals surface area contributed by atoms with Crippen molar-refractivity contribution in [3.63, 3.8) is 0 Å². The number of hydrogen-bond acceptors (Lipinski definition) is 4. The van der Waals surface area contributed by atoms with Gasteiger partial charge in [0, 0.05) is 13.1 Å². The van der Waals surface area contributed by atoms with E-state index in [-0.39, 0.29) is 12.5 Å². The molecule has 2 N–H and O–H groups in total. The van der Waals surface area contributed by atoms with E-state index in [0.717, 1.165) is 41.5 Å². The van der Waals surface area contributed by atoms with Gasteiger partial charge in [-0.05, 0) is 64.3 Å². The minimum absolute atomic E-state index is 0.0805. The Morgan fingerprint density at radius 1 is 0.968 bits per heavy atom. The van der Waals surface area contributed by atoms with Crippen molar-refractivity contribution in [1.82, 2.24) is 9.78 Å². The summed E-state index contributed by atoms with van der Waals surface area (Å²) >= 11 is 0. The number of anilines is 3. The van der Waals surface area contributed by atoms with Gasteiger partial charge >= 0.3 is 0 Å². The third-order valence-corrected chi connectivity index (χ3v) is 5.87. The Bertz CT molecular complexity index is 1050. The molecule has 3 aromatic rings. The number of benzene rings is 2. The first-order chi connectivity index (χ1) is 15.0. The second kappa shape index (κ2) is 9.25. The molecule has 1 saturated heterocycles. The highest BCUT2D eigenvalue weighted by Gasteiger charge is 2.17. The van der Waals surface area contributed by atoms with Crippen LogP contribution in [-0.4, -0.2) is 35.3 Å². The van der Waals surface area contributed by atoms with Crippen LogP contribution in [0.25, 0.3) is 5.69 Å². The Morgan fingerprint density at radius 2 is 1.68 bits per heavy atom. The van der Waals surface area contributed by atoms with Gasteiger partial charge < -0.3 is 15.5 Å². The molecule has 0 unspecified atom stereocenters. The SMILES string of the molecule is Cc1ccc(-n2nc(C)c(NC(=O)CNc3ccccc3N3CCCCC3)c2C)cc1. The molecule has 0 spiro atoms. The van der Waals surface area contributed by atoms with Gasteiger partial charge in [0.2, 0.25) is 5.91 Å². The fourth-order valence-corrected chi connectivity index (χ4v) is 4.15. The van der Waals surface area contributed by atoms with Crippen molar-refractivity contribution in [2.75, 3.05) is 35.2 Å². The van der Waals surface area contributed by atoms with Crippen molar-refractivity contribution in [3.8, 4) is 5.69 Å². The molecule has 31 heavy (non-hydrogen) atoms. The van der Waals surface area contributed by atoms with Gasteiger partial charge in [-0.2, -0.15) is 5.10 Å². The van der Waals surface area contributed by atoms with Crippen LogP contribution < -0.4 is 15.5 Å². The van der Waals surface area contributed by atoms with Gasteiger partial charge in [0.15, 0.2) is 0 Å². The van der Waals surface area contributed by atoms with Crippen LogP contribution in [0.4, 0.5) is 17.1 Å². The Hall–Kier alpha value is -3.28. The van der Waals surface area contributed by atoms with E-state index in [1.54, 1.807) is 0 Å². The molecule has 0 saturated carbocycles. The molecule has 2 heterocycles. The third-order valence-electron chi connectivity index (χ3n) is 5.87. The van der Waals surface area contributed by atoms with Gasteiger partial charge in [-0.25, -0.2) is 4.68 Å². The summed E-state index contributed by atoms with van der Waals surface area (Å²) in [5.74, 6) is -0.0805. The lowest BCUT2D eigenvalue weighted by Gasteiger charge is -2.30. The largest absolute Gasteiger partial charge is 0.374 e. The van der Waals surface area contributed by atoms with E-state index >= 15 is 0 Å². The Labute approximate surface area is 184 Å². The maximum atomic E-state index is 12.7. The maximum Gasteiger partial charge on any atom is 0.243 e. The highest BCUT2D eigenvalue weighted by molar-refractivity contribution is 5.95. The Kier molecular flexibility index (Phi) is 6.26. The van der Waals surface area contributed by atoms with Crippen LogP contribution in [0.2, 0.25) is 0 Å². The number of piperidine rings is 1. The zero-order chi connectivity index (χ0) is 21.8. The van der Waals surface area contributed by atoms with Crippen molar-refractivity contribution in [3.05, 3.63) is 65.5 Å². The van der Waals surface area contributed by atoms with E-state index in [2.05, 4.69) is 51.8 Å². The van der Waals surface area contributed by atoms with Crippen molar-refractivity contribution >= 4 is 23.0 Å². The first-order valence-corrected chi connectivity index (χ1v) is 11.0. The Morgan fingerprint density at radius 3 is 2.42 bits per heavy atom. The fourth-order valence-electron chi connectivity index (χ4n) is 4.15. The highest BCUT2D eigenvalue weighted by Crippen LogP contribution is 2.28. The molecule has 6 nitrogen and oxygen atoms in total. The molecule has 1 amide bonds. The molecule has 2 aromatic carbocycles. The molecule has 0 radical (unpaired) electrons. The number of nitrogens with one attached hydrogen (secondary N) is 2. The monoisotopic (exact) mass is 417 g/mol. The number of carbonyl (C=O) groups is 1. The van der Waals surface area contributed by atoms with Crippen molar-refractivity contribution in [2.45, 2.75) is 40.0 Å². The van der Waals surface area contributed by atoms with Gasteiger partial charge in [-0.15, -0.1) is 0 Å². The van der Waals surface area contributed by atoms with Gasteiger partial charge in [-0.3, -0.25) is 4.79 Å². The van der Waals surface area contributed by atoms with Crippen molar-refractivity contribution in [2.24, 2.45) is 0 Å². The molecule has 1 fully saturated rings.